The maximum Gasteiger partial charge on any atom is 0.123 e. The van der Waals surface area contributed by atoms with Gasteiger partial charge in [0.25, 0.3) is 0 Å². The van der Waals surface area contributed by atoms with E-state index in [0.717, 1.165) is 29.0 Å². The largest absolute Gasteiger partial charge is 0.493 e. The third kappa shape index (κ3) is 2.17. The summed E-state index contributed by atoms with van der Waals surface area (Å²) in [5, 5.41) is 1.06. The highest BCUT2D eigenvalue weighted by atomic mass is 35.5. The number of ether oxygens (including phenoxy) is 1. The fourth-order valence-corrected chi connectivity index (χ4v) is 3.14. The lowest BCUT2D eigenvalue weighted by molar-refractivity contribution is 0.275. The number of hydrogen-bond donors (Lipinski definition) is 1. The third-order valence-electron chi connectivity index (χ3n) is 3.83. The summed E-state index contributed by atoms with van der Waals surface area (Å²) in [6, 6.07) is 11.7. The van der Waals surface area contributed by atoms with Crippen LogP contribution >= 0.6 is 23.2 Å². The van der Waals surface area contributed by atoms with Crippen LogP contribution in [0.1, 0.15) is 23.7 Å². The molecule has 106 valence electrons. The van der Waals surface area contributed by atoms with Crippen molar-refractivity contribution >= 4 is 34.2 Å². The van der Waals surface area contributed by atoms with Crippen molar-refractivity contribution in [1.29, 1.82) is 0 Å². The molecule has 0 amide bonds. The summed E-state index contributed by atoms with van der Waals surface area (Å²) in [4.78, 5) is 8.05. The molecule has 1 aromatic heterocycles. The van der Waals surface area contributed by atoms with Crippen molar-refractivity contribution in [3.05, 3.63) is 57.8 Å². The van der Waals surface area contributed by atoms with E-state index < -0.39 is 0 Å². The molecule has 0 saturated heterocycles. The summed E-state index contributed by atoms with van der Waals surface area (Å²) in [6.07, 6.45) is 0.901. The molecule has 0 saturated carbocycles. The number of para-hydroxylation sites is 1. The first kappa shape index (κ1) is 13.0. The van der Waals surface area contributed by atoms with Gasteiger partial charge in [0.15, 0.2) is 0 Å². The minimum Gasteiger partial charge on any atom is -0.493 e. The highest BCUT2D eigenvalue weighted by Gasteiger charge is 2.25. The Morgan fingerprint density at radius 2 is 1.95 bits per heavy atom. The lowest BCUT2D eigenvalue weighted by atomic mass is 9.92. The average Bonchev–Trinajstić information content (AvgIpc) is 2.90. The zero-order valence-electron chi connectivity index (χ0n) is 11.1. The third-order valence-corrected chi connectivity index (χ3v) is 4.55. The molecule has 1 atom stereocenters. The van der Waals surface area contributed by atoms with E-state index in [1.54, 1.807) is 6.07 Å². The van der Waals surface area contributed by atoms with Crippen molar-refractivity contribution in [3.8, 4) is 5.75 Å². The van der Waals surface area contributed by atoms with Crippen molar-refractivity contribution in [2.45, 2.75) is 12.3 Å². The first-order valence-corrected chi connectivity index (χ1v) is 7.54. The van der Waals surface area contributed by atoms with E-state index in [4.69, 9.17) is 27.9 Å². The van der Waals surface area contributed by atoms with Gasteiger partial charge in [0, 0.05) is 11.5 Å². The van der Waals surface area contributed by atoms with Crippen LogP contribution in [0.5, 0.6) is 5.75 Å². The molecule has 2 heterocycles. The van der Waals surface area contributed by atoms with E-state index >= 15 is 0 Å². The summed E-state index contributed by atoms with van der Waals surface area (Å²) in [5.41, 5.74) is 2.91. The van der Waals surface area contributed by atoms with Gasteiger partial charge in [-0.2, -0.15) is 0 Å². The van der Waals surface area contributed by atoms with Crippen molar-refractivity contribution in [2.75, 3.05) is 6.61 Å². The second kappa shape index (κ2) is 4.93. The maximum absolute atomic E-state index is 6.06. The number of nitrogens with one attached hydrogen (secondary N) is 1. The normalized spacial score (nSPS) is 17.5. The van der Waals surface area contributed by atoms with E-state index in [1.165, 1.54) is 5.56 Å². The van der Waals surface area contributed by atoms with Crippen LogP contribution in [0.2, 0.25) is 10.0 Å². The molecular weight excluding hydrogens is 307 g/mol. The van der Waals surface area contributed by atoms with Crippen molar-refractivity contribution < 1.29 is 4.74 Å². The smallest absolute Gasteiger partial charge is 0.123 e. The molecule has 3 nitrogen and oxygen atoms in total. The zero-order chi connectivity index (χ0) is 14.4. The van der Waals surface area contributed by atoms with Gasteiger partial charge in [-0.05, 0) is 24.6 Å². The minimum absolute atomic E-state index is 0.208. The molecule has 1 aliphatic heterocycles. The first-order chi connectivity index (χ1) is 10.2. The first-order valence-electron chi connectivity index (χ1n) is 6.79. The molecule has 2 aromatic carbocycles. The predicted octanol–water partition coefficient (Wildman–Crippen LogP) is 4.78. The number of hydrogen-bond acceptors (Lipinski definition) is 2. The molecule has 4 rings (SSSR count). The van der Waals surface area contributed by atoms with E-state index in [-0.39, 0.29) is 5.92 Å². The standard InChI is InChI=1S/C16H12Cl2N2O/c17-11-7-13-14(8-12(11)18)20-16(19-13)10-5-6-21-15-4-2-1-3-9(10)15/h1-4,7-8,10H,5-6H2,(H,19,20). The van der Waals surface area contributed by atoms with Gasteiger partial charge in [-0.15, -0.1) is 0 Å². The molecular formula is C16H12Cl2N2O. The lowest BCUT2D eigenvalue weighted by Gasteiger charge is -2.24. The lowest BCUT2D eigenvalue weighted by Crippen LogP contribution is -2.16. The van der Waals surface area contributed by atoms with Gasteiger partial charge < -0.3 is 9.72 Å². The van der Waals surface area contributed by atoms with Gasteiger partial charge in [0.1, 0.15) is 11.6 Å². The van der Waals surface area contributed by atoms with E-state index in [2.05, 4.69) is 16.0 Å². The van der Waals surface area contributed by atoms with Gasteiger partial charge in [-0.3, -0.25) is 0 Å². The Kier molecular flexibility index (Phi) is 3.05. The monoisotopic (exact) mass is 318 g/mol. The fourth-order valence-electron chi connectivity index (χ4n) is 2.82. The Hall–Kier alpha value is -1.71. The van der Waals surface area contributed by atoms with Crippen LogP contribution in [0.3, 0.4) is 0 Å². The number of fused-ring (bicyclic) bond motifs is 2. The van der Waals surface area contributed by atoms with Crippen LogP contribution < -0.4 is 4.74 Å². The van der Waals surface area contributed by atoms with Crippen LogP contribution in [-0.2, 0) is 0 Å². The number of nitrogens with zero attached hydrogens (tertiary/aromatic N) is 1. The SMILES string of the molecule is Clc1cc2nc(C3CCOc4ccccc43)[nH]c2cc1Cl. The average molecular weight is 319 g/mol. The quantitative estimate of drug-likeness (QED) is 0.700. The van der Waals surface area contributed by atoms with Gasteiger partial charge in [0.2, 0.25) is 0 Å². The molecule has 0 radical (unpaired) electrons. The topological polar surface area (TPSA) is 37.9 Å². The van der Waals surface area contributed by atoms with Crippen molar-refractivity contribution in [3.63, 3.8) is 0 Å². The Morgan fingerprint density at radius 1 is 1.14 bits per heavy atom. The molecule has 5 heteroatoms. The number of rotatable bonds is 1. The molecule has 1 aliphatic rings. The van der Waals surface area contributed by atoms with Crippen LogP contribution in [0.25, 0.3) is 11.0 Å². The molecule has 3 aromatic rings. The second-order valence-corrected chi connectivity index (χ2v) is 5.95. The van der Waals surface area contributed by atoms with Crippen LogP contribution in [-0.4, -0.2) is 16.6 Å². The molecule has 0 fully saturated rings. The van der Waals surface area contributed by atoms with Crippen molar-refractivity contribution in [2.24, 2.45) is 0 Å². The minimum atomic E-state index is 0.208. The van der Waals surface area contributed by atoms with Gasteiger partial charge in [0.05, 0.1) is 27.7 Å². The summed E-state index contributed by atoms with van der Waals surface area (Å²) < 4.78 is 5.70. The molecule has 1 unspecified atom stereocenters. The fraction of sp³-hybridized carbons (Fsp3) is 0.188. The molecule has 0 bridgehead atoms. The Morgan fingerprint density at radius 3 is 2.86 bits per heavy atom. The Balaban J connectivity index is 1.84. The highest BCUT2D eigenvalue weighted by molar-refractivity contribution is 6.42. The van der Waals surface area contributed by atoms with E-state index in [0.29, 0.717) is 16.7 Å². The summed E-state index contributed by atoms with van der Waals surface area (Å²) in [5.74, 6) is 2.07. The summed E-state index contributed by atoms with van der Waals surface area (Å²) >= 11 is 12.1. The number of halogens is 2. The van der Waals surface area contributed by atoms with Crippen LogP contribution in [0.15, 0.2) is 36.4 Å². The number of imidazole rings is 1. The van der Waals surface area contributed by atoms with Crippen LogP contribution in [0, 0.1) is 0 Å². The van der Waals surface area contributed by atoms with E-state index in [9.17, 15) is 0 Å². The van der Waals surface area contributed by atoms with Gasteiger partial charge in [-0.25, -0.2) is 4.98 Å². The van der Waals surface area contributed by atoms with Crippen LogP contribution in [0.4, 0.5) is 0 Å². The molecule has 21 heavy (non-hydrogen) atoms. The van der Waals surface area contributed by atoms with Crippen molar-refractivity contribution in [1.82, 2.24) is 9.97 Å². The molecule has 1 N–H and O–H groups in total. The number of benzene rings is 2. The number of aromatic amines is 1. The zero-order valence-corrected chi connectivity index (χ0v) is 12.6. The predicted molar refractivity (Wildman–Crippen MR) is 84.5 cm³/mol. The highest BCUT2D eigenvalue weighted by Crippen LogP contribution is 2.38. The van der Waals surface area contributed by atoms with Gasteiger partial charge >= 0.3 is 0 Å². The van der Waals surface area contributed by atoms with E-state index in [1.807, 2.05) is 24.3 Å². The Labute approximate surface area is 131 Å². The second-order valence-electron chi connectivity index (χ2n) is 5.13. The maximum atomic E-state index is 6.06. The van der Waals surface area contributed by atoms with Gasteiger partial charge in [-0.1, -0.05) is 41.4 Å². The molecule has 0 spiro atoms. The summed E-state index contributed by atoms with van der Waals surface area (Å²) in [6.45, 7) is 0.695. The number of aromatic nitrogens is 2. The molecule has 0 aliphatic carbocycles. The Bertz CT molecular complexity index is 789. The summed E-state index contributed by atoms with van der Waals surface area (Å²) in [7, 11) is 0. The number of H-pyrrole nitrogens is 1.